The van der Waals surface area contributed by atoms with Gasteiger partial charge in [-0.05, 0) is 38.5 Å². The molecule has 0 saturated carbocycles. The third-order valence-corrected chi connectivity index (χ3v) is 3.14. The fraction of sp³-hybridized carbons (Fsp3) is 0.571. The van der Waals surface area contributed by atoms with E-state index in [0.717, 1.165) is 0 Å². The molecule has 16 heavy (non-hydrogen) atoms. The molecular formula is C14H24N2. The lowest BCUT2D eigenvalue weighted by molar-refractivity contribution is 0.143. The lowest BCUT2D eigenvalue weighted by Gasteiger charge is -2.38. The predicted octanol–water partition coefficient (Wildman–Crippen LogP) is 2.58. The molecule has 90 valence electrons. The fourth-order valence-electron chi connectivity index (χ4n) is 2.40. The van der Waals surface area contributed by atoms with Crippen LogP contribution in [0, 0.1) is 12.3 Å². The Balaban J connectivity index is 3.13. The second-order valence-electron chi connectivity index (χ2n) is 5.47. The van der Waals surface area contributed by atoms with Crippen LogP contribution in [0.25, 0.3) is 0 Å². The molecule has 1 atom stereocenters. The van der Waals surface area contributed by atoms with Gasteiger partial charge in [0.25, 0.3) is 0 Å². The zero-order valence-electron chi connectivity index (χ0n) is 11.1. The van der Waals surface area contributed by atoms with E-state index in [4.69, 9.17) is 5.73 Å². The Labute approximate surface area is 99.5 Å². The first kappa shape index (κ1) is 13.2. The molecule has 0 spiro atoms. The zero-order valence-corrected chi connectivity index (χ0v) is 11.1. The molecule has 0 aromatic heterocycles. The van der Waals surface area contributed by atoms with Gasteiger partial charge < -0.3 is 10.6 Å². The number of aryl methyl sites for hydroxylation is 1. The molecule has 0 bridgehead atoms. The van der Waals surface area contributed by atoms with Gasteiger partial charge in [0.05, 0.1) is 0 Å². The Morgan fingerprint density at radius 2 is 1.94 bits per heavy atom. The minimum atomic E-state index is 0.0806. The molecule has 1 rings (SSSR count). The maximum absolute atomic E-state index is 5.89. The molecule has 0 amide bonds. The summed E-state index contributed by atoms with van der Waals surface area (Å²) in [6, 6.07) is 9.05. The van der Waals surface area contributed by atoms with Gasteiger partial charge in [-0.2, -0.15) is 0 Å². The minimum Gasteiger partial charge on any atom is -0.330 e. The molecule has 0 fully saturated rings. The Kier molecular flexibility index (Phi) is 4.11. The predicted molar refractivity (Wildman–Crippen MR) is 70.4 cm³/mol. The molecule has 1 unspecified atom stereocenters. The van der Waals surface area contributed by atoms with Crippen LogP contribution in [-0.2, 0) is 0 Å². The number of hydrogen-bond donors (Lipinski definition) is 1. The van der Waals surface area contributed by atoms with E-state index in [1.54, 1.807) is 0 Å². The van der Waals surface area contributed by atoms with Gasteiger partial charge in [0.1, 0.15) is 0 Å². The van der Waals surface area contributed by atoms with E-state index in [1.807, 2.05) is 0 Å². The molecule has 2 heteroatoms. The Bertz CT molecular complexity index is 342. The lowest BCUT2D eigenvalue weighted by Crippen LogP contribution is -2.38. The Morgan fingerprint density at radius 1 is 1.31 bits per heavy atom. The first-order chi connectivity index (χ1) is 7.38. The molecule has 0 aliphatic heterocycles. The van der Waals surface area contributed by atoms with Crippen LogP contribution in [0.15, 0.2) is 24.3 Å². The highest BCUT2D eigenvalue weighted by molar-refractivity contribution is 5.26. The van der Waals surface area contributed by atoms with Gasteiger partial charge in [-0.25, -0.2) is 0 Å². The van der Waals surface area contributed by atoms with Crippen molar-refractivity contribution in [3.05, 3.63) is 35.4 Å². The molecule has 1 aromatic carbocycles. The average Bonchev–Trinajstić information content (AvgIpc) is 2.17. The molecule has 0 heterocycles. The third kappa shape index (κ3) is 2.83. The van der Waals surface area contributed by atoms with E-state index in [0.29, 0.717) is 12.6 Å². The van der Waals surface area contributed by atoms with Crippen molar-refractivity contribution in [1.82, 2.24) is 4.90 Å². The largest absolute Gasteiger partial charge is 0.330 e. The van der Waals surface area contributed by atoms with Gasteiger partial charge in [-0.15, -0.1) is 0 Å². The second-order valence-corrected chi connectivity index (χ2v) is 5.47. The SMILES string of the molecule is Cc1cccc(C(N(C)C)C(C)(C)CN)c1. The number of benzene rings is 1. The first-order valence-corrected chi connectivity index (χ1v) is 5.81. The minimum absolute atomic E-state index is 0.0806. The van der Waals surface area contributed by atoms with Crippen LogP contribution in [0.3, 0.4) is 0 Å². The molecule has 1 aromatic rings. The van der Waals surface area contributed by atoms with E-state index >= 15 is 0 Å². The highest BCUT2D eigenvalue weighted by atomic mass is 15.1. The van der Waals surface area contributed by atoms with Gasteiger partial charge in [-0.3, -0.25) is 0 Å². The van der Waals surface area contributed by atoms with E-state index in [-0.39, 0.29) is 5.41 Å². The van der Waals surface area contributed by atoms with Crippen LogP contribution in [-0.4, -0.2) is 25.5 Å². The Morgan fingerprint density at radius 3 is 2.38 bits per heavy atom. The van der Waals surface area contributed by atoms with Crippen LogP contribution in [0.4, 0.5) is 0 Å². The number of rotatable bonds is 4. The van der Waals surface area contributed by atoms with Crippen molar-refractivity contribution in [2.45, 2.75) is 26.8 Å². The Hall–Kier alpha value is -0.860. The van der Waals surface area contributed by atoms with Crippen molar-refractivity contribution in [3.8, 4) is 0 Å². The lowest BCUT2D eigenvalue weighted by atomic mass is 9.79. The summed E-state index contributed by atoms with van der Waals surface area (Å²) in [5.41, 5.74) is 8.62. The summed E-state index contributed by atoms with van der Waals surface area (Å²) in [5, 5.41) is 0. The monoisotopic (exact) mass is 220 g/mol. The van der Waals surface area contributed by atoms with E-state index in [9.17, 15) is 0 Å². The van der Waals surface area contributed by atoms with Gasteiger partial charge in [0.2, 0.25) is 0 Å². The summed E-state index contributed by atoms with van der Waals surface area (Å²) < 4.78 is 0. The first-order valence-electron chi connectivity index (χ1n) is 5.81. The molecule has 0 aliphatic rings. The van der Waals surface area contributed by atoms with Crippen LogP contribution >= 0.6 is 0 Å². The highest BCUT2D eigenvalue weighted by Gasteiger charge is 2.31. The zero-order chi connectivity index (χ0) is 12.3. The van der Waals surface area contributed by atoms with Crippen molar-refractivity contribution in [2.24, 2.45) is 11.1 Å². The molecule has 0 saturated heterocycles. The summed E-state index contributed by atoms with van der Waals surface area (Å²) in [6.07, 6.45) is 0. The van der Waals surface area contributed by atoms with Crippen LogP contribution in [0.2, 0.25) is 0 Å². The summed E-state index contributed by atoms with van der Waals surface area (Å²) in [4.78, 5) is 2.25. The summed E-state index contributed by atoms with van der Waals surface area (Å²) in [6.45, 7) is 7.26. The summed E-state index contributed by atoms with van der Waals surface area (Å²) >= 11 is 0. The summed E-state index contributed by atoms with van der Waals surface area (Å²) in [7, 11) is 4.23. The van der Waals surface area contributed by atoms with Crippen LogP contribution in [0.5, 0.6) is 0 Å². The number of nitrogens with two attached hydrogens (primary N) is 1. The smallest absolute Gasteiger partial charge is 0.0405 e. The van der Waals surface area contributed by atoms with Gasteiger partial charge in [0, 0.05) is 6.04 Å². The standard InChI is InChI=1S/C14H24N2/c1-11-7-6-8-12(9-11)13(16(4)5)14(2,3)10-15/h6-9,13H,10,15H2,1-5H3. The van der Waals surface area contributed by atoms with Crippen molar-refractivity contribution < 1.29 is 0 Å². The maximum atomic E-state index is 5.89. The quantitative estimate of drug-likeness (QED) is 0.845. The van der Waals surface area contributed by atoms with Crippen LogP contribution < -0.4 is 5.73 Å². The number of hydrogen-bond acceptors (Lipinski definition) is 2. The second kappa shape index (κ2) is 4.98. The molecule has 0 radical (unpaired) electrons. The van der Waals surface area contributed by atoms with Crippen molar-refractivity contribution in [1.29, 1.82) is 0 Å². The maximum Gasteiger partial charge on any atom is 0.0405 e. The van der Waals surface area contributed by atoms with Crippen molar-refractivity contribution in [3.63, 3.8) is 0 Å². The van der Waals surface area contributed by atoms with Crippen LogP contribution in [0.1, 0.15) is 31.0 Å². The molecular weight excluding hydrogens is 196 g/mol. The third-order valence-electron chi connectivity index (χ3n) is 3.14. The summed E-state index contributed by atoms with van der Waals surface area (Å²) in [5.74, 6) is 0. The molecule has 2 nitrogen and oxygen atoms in total. The van der Waals surface area contributed by atoms with Crippen molar-refractivity contribution >= 4 is 0 Å². The normalized spacial score (nSPS) is 14.2. The van der Waals surface area contributed by atoms with Gasteiger partial charge in [0.15, 0.2) is 0 Å². The van der Waals surface area contributed by atoms with Gasteiger partial charge in [-0.1, -0.05) is 43.7 Å². The topological polar surface area (TPSA) is 29.3 Å². The molecule has 2 N–H and O–H groups in total. The van der Waals surface area contributed by atoms with E-state index in [2.05, 4.69) is 64.0 Å². The number of nitrogens with zero attached hydrogens (tertiary/aromatic N) is 1. The highest BCUT2D eigenvalue weighted by Crippen LogP contribution is 2.36. The fourth-order valence-corrected chi connectivity index (χ4v) is 2.40. The van der Waals surface area contributed by atoms with Gasteiger partial charge >= 0.3 is 0 Å². The average molecular weight is 220 g/mol. The molecule has 0 aliphatic carbocycles. The van der Waals surface area contributed by atoms with E-state index < -0.39 is 0 Å². The van der Waals surface area contributed by atoms with E-state index in [1.165, 1.54) is 11.1 Å². The van der Waals surface area contributed by atoms with Crippen molar-refractivity contribution in [2.75, 3.05) is 20.6 Å².